The van der Waals surface area contributed by atoms with Gasteiger partial charge in [0.2, 0.25) is 0 Å². The third-order valence-corrected chi connectivity index (χ3v) is 1.79. The van der Waals surface area contributed by atoms with Crippen LogP contribution in [0.3, 0.4) is 0 Å². The molecule has 0 N–H and O–H groups in total. The predicted molar refractivity (Wildman–Crippen MR) is 48.1 cm³/mol. The Hall–Kier alpha value is -1.69. The van der Waals surface area contributed by atoms with E-state index in [0.29, 0.717) is 0 Å². The maximum Gasteiger partial charge on any atom is 0.286 e. The molecule has 1 rings (SSSR count). The van der Waals surface area contributed by atoms with E-state index in [0.717, 1.165) is 11.3 Å². The Morgan fingerprint density at radius 3 is 2.85 bits per heavy atom. The third-order valence-electron chi connectivity index (χ3n) is 1.79. The van der Waals surface area contributed by atoms with Gasteiger partial charge in [0.1, 0.15) is 11.9 Å². The van der Waals surface area contributed by atoms with E-state index in [9.17, 15) is 0 Å². The van der Waals surface area contributed by atoms with E-state index in [1.165, 1.54) is 0 Å². The quantitative estimate of drug-likeness (QED) is 0.665. The minimum atomic E-state index is -0.222. The van der Waals surface area contributed by atoms with Crippen molar-refractivity contribution in [3.63, 3.8) is 0 Å². The third kappa shape index (κ3) is 2.38. The molecular formula is C10H11NO2. The van der Waals surface area contributed by atoms with Gasteiger partial charge in [-0.25, -0.2) is 0 Å². The Bertz CT molecular complexity index is 317. The zero-order valence-corrected chi connectivity index (χ0v) is 7.65. The smallest absolute Gasteiger partial charge is 0.286 e. The molecule has 1 atom stereocenters. The highest BCUT2D eigenvalue weighted by atomic mass is 16.5. The second-order valence-electron chi connectivity index (χ2n) is 2.63. The first kappa shape index (κ1) is 9.40. The summed E-state index contributed by atoms with van der Waals surface area (Å²) in [6.45, 7) is 1.82. The summed E-state index contributed by atoms with van der Waals surface area (Å²) in [5.41, 5.74) is 0.931. The summed E-state index contributed by atoms with van der Waals surface area (Å²) in [5.74, 6) is 0.769. The normalized spacial score (nSPS) is 11.5. The molecule has 1 aromatic rings. The summed E-state index contributed by atoms with van der Waals surface area (Å²) >= 11 is 0. The fourth-order valence-electron chi connectivity index (χ4n) is 1.04. The van der Waals surface area contributed by atoms with Crippen LogP contribution in [0, 0.1) is 11.5 Å². The van der Waals surface area contributed by atoms with Crippen LogP contribution in [0.5, 0.6) is 5.75 Å². The Morgan fingerprint density at radius 2 is 2.23 bits per heavy atom. The Morgan fingerprint density at radius 1 is 1.46 bits per heavy atom. The summed E-state index contributed by atoms with van der Waals surface area (Å²) in [4.78, 5) is 0. The van der Waals surface area contributed by atoms with Crippen LogP contribution in [0.25, 0.3) is 0 Å². The number of nitrogens with zero attached hydrogens (tertiary/aromatic N) is 1. The van der Waals surface area contributed by atoms with E-state index in [-0.39, 0.29) is 6.10 Å². The average molecular weight is 177 g/mol. The number of nitriles is 1. The van der Waals surface area contributed by atoms with E-state index in [1.54, 1.807) is 13.4 Å². The fourth-order valence-corrected chi connectivity index (χ4v) is 1.04. The molecular weight excluding hydrogens is 166 g/mol. The van der Waals surface area contributed by atoms with Crippen LogP contribution in [0.15, 0.2) is 24.3 Å². The van der Waals surface area contributed by atoms with E-state index < -0.39 is 0 Å². The molecule has 13 heavy (non-hydrogen) atoms. The van der Waals surface area contributed by atoms with Crippen LogP contribution in [0.2, 0.25) is 0 Å². The van der Waals surface area contributed by atoms with Crippen LogP contribution in [0.4, 0.5) is 0 Å². The molecule has 0 aliphatic carbocycles. The van der Waals surface area contributed by atoms with Crippen LogP contribution in [-0.4, -0.2) is 7.11 Å². The lowest BCUT2D eigenvalue weighted by Gasteiger charge is -2.09. The number of hydrogen-bond donors (Lipinski definition) is 0. The van der Waals surface area contributed by atoms with Crippen molar-refractivity contribution in [3.05, 3.63) is 29.8 Å². The van der Waals surface area contributed by atoms with Crippen molar-refractivity contribution in [2.24, 2.45) is 0 Å². The van der Waals surface area contributed by atoms with Crippen molar-refractivity contribution in [1.29, 1.82) is 5.26 Å². The van der Waals surface area contributed by atoms with Gasteiger partial charge in [0.05, 0.1) is 7.11 Å². The van der Waals surface area contributed by atoms with Gasteiger partial charge in [-0.05, 0) is 24.6 Å². The molecule has 1 aromatic carbocycles. The maximum absolute atomic E-state index is 8.32. The molecule has 0 spiro atoms. The molecule has 0 saturated heterocycles. The van der Waals surface area contributed by atoms with Gasteiger partial charge < -0.3 is 9.47 Å². The molecule has 0 heterocycles. The first-order valence-electron chi connectivity index (χ1n) is 3.96. The van der Waals surface area contributed by atoms with Crippen molar-refractivity contribution < 1.29 is 9.47 Å². The first-order valence-corrected chi connectivity index (χ1v) is 3.96. The van der Waals surface area contributed by atoms with Crippen molar-refractivity contribution in [3.8, 4) is 12.0 Å². The van der Waals surface area contributed by atoms with E-state index >= 15 is 0 Å². The predicted octanol–water partition coefficient (Wildman–Crippen LogP) is 2.25. The van der Waals surface area contributed by atoms with Crippen molar-refractivity contribution >= 4 is 0 Å². The van der Waals surface area contributed by atoms with Crippen LogP contribution < -0.4 is 4.74 Å². The highest BCUT2D eigenvalue weighted by Crippen LogP contribution is 2.20. The minimum absolute atomic E-state index is 0.222. The molecule has 1 unspecified atom stereocenters. The Kier molecular flexibility index (Phi) is 3.15. The highest BCUT2D eigenvalue weighted by molar-refractivity contribution is 5.29. The standard InChI is InChI=1S/C10H11NO2/c1-8(13-7-11)9-4-3-5-10(6-9)12-2/h3-6,8H,1-2H3. The molecule has 3 heteroatoms. The minimum Gasteiger partial charge on any atom is -0.497 e. The maximum atomic E-state index is 8.32. The SMILES string of the molecule is COc1cccc(C(C)OC#N)c1. The lowest BCUT2D eigenvalue weighted by Crippen LogP contribution is -1.95. The lowest BCUT2D eigenvalue weighted by atomic mass is 10.1. The summed E-state index contributed by atoms with van der Waals surface area (Å²) < 4.78 is 9.82. The van der Waals surface area contributed by atoms with Crippen LogP contribution in [-0.2, 0) is 4.74 Å². The summed E-state index contributed by atoms with van der Waals surface area (Å²) in [6.07, 6.45) is 1.44. The number of ether oxygens (including phenoxy) is 2. The molecule has 0 saturated carbocycles. The van der Waals surface area contributed by atoms with Crippen molar-refractivity contribution in [1.82, 2.24) is 0 Å². The van der Waals surface area contributed by atoms with Crippen LogP contribution in [0.1, 0.15) is 18.6 Å². The molecule has 0 radical (unpaired) electrons. The van der Waals surface area contributed by atoms with Gasteiger partial charge in [-0.1, -0.05) is 12.1 Å². The first-order chi connectivity index (χ1) is 6.27. The molecule has 3 nitrogen and oxygen atoms in total. The van der Waals surface area contributed by atoms with Gasteiger partial charge in [-0.15, -0.1) is 0 Å². The van der Waals surface area contributed by atoms with Crippen molar-refractivity contribution in [2.75, 3.05) is 7.11 Å². The van der Waals surface area contributed by atoms with Gasteiger partial charge in [0.25, 0.3) is 6.26 Å². The van der Waals surface area contributed by atoms with E-state index in [1.807, 2.05) is 31.2 Å². The summed E-state index contributed by atoms with van der Waals surface area (Å²) in [6, 6.07) is 7.46. The number of benzene rings is 1. The largest absolute Gasteiger partial charge is 0.497 e. The molecule has 0 fully saturated rings. The van der Waals surface area contributed by atoms with E-state index in [4.69, 9.17) is 14.7 Å². The average Bonchev–Trinajstić information content (AvgIpc) is 2.18. The molecule has 0 bridgehead atoms. The second kappa shape index (κ2) is 4.36. The molecule has 0 aliphatic heterocycles. The number of methoxy groups -OCH3 is 1. The topological polar surface area (TPSA) is 42.2 Å². The number of rotatable bonds is 3. The van der Waals surface area contributed by atoms with E-state index in [2.05, 4.69) is 0 Å². The lowest BCUT2D eigenvalue weighted by molar-refractivity contribution is 0.182. The zero-order chi connectivity index (χ0) is 9.68. The fraction of sp³-hybridized carbons (Fsp3) is 0.300. The monoisotopic (exact) mass is 177 g/mol. The second-order valence-corrected chi connectivity index (χ2v) is 2.63. The molecule has 0 amide bonds. The summed E-state index contributed by atoms with van der Waals surface area (Å²) in [5, 5.41) is 8.32. The zero-order valence-electron chi connectivity index (χ0n) is 7.65. The van der Waals surface area contributed by atoms with Gasteiger partial charge in [-0.2, -0.15) is 5.26 Å². The Balaban J connectivity index is 2.83. The Labute approximate surface area is 77.5 Å². The van der Waals surface area contributed by atoms with Crippen LogP contribution >= 0.6 is 0 Å². The molecule has 0 aromatic heterocycles. The van der Waals surface area contributed by atoms with Gasteiger partial charge >= 0.3 is 0 Å². The molecule has 0 aliphatic rings. The number of hydrogen-bond acceptors (Lipinski definition) is 3. The van der Waals surface area contributed by atoms with Gasteiger partial charge in [0.15, 0.2) is 0 Å². The van der Waals surface area contributed by atoms with Crippen molar-refractivity contribution in [2.45, 2.75) is 13.0 Å². The van der Waals surface area contributed by atoms with Gasteiger partial charge in [0, 0.05) is 0 Å². The summed E-state index contributed by atoms with van der Waals surface area (Å²) in [7, 11) is 1.61. The molecule has 68 valence electrons. The highest BCUT2D eigenvalue weighted by Gasteiger charge is 2.05. The van der Waals surface area contributed by atoms with Gasteiger partial charge in [-0.3, -0.25) is 0 Å².